The number of halogens is 1. The molecular weight excluding hydrogens is 270 g/mol. The standard InChI is InChI=1S/C8H12BrNOS2/c1-7(9)6-13-8(12)10-2-4-11-5-3-10/h1-6H2. The lowest BCUT2D eigenvalue weighted by Crippen LogP contribution is -2.38. The summed E-state index contributed by atoms with van der Waals surface area (Å²) in [5, 5.41) is 0. The Morgan fingerprint density at radius 3 is 2.69 bits per heavy atom. The summed E-state index contributed by atoms with van der Waals surface area (Å²) >= 11 is 10.2. The molecule has 13 heavy (non-hydrogen) atoms. The van der Waals surface area contributed by atoms with Crippen molar-refractivity contribution in [3.05, 3.63) is 11.1 Å². The molecule has 5 heteroatoms. The van der Waals surface area contributed by atoms with Gasteiger partial charge in [-0.2, -0.15) is 0 Å². The Morgan fingerprint density at radius 1 is 1.54 bits per heavy atom. The van der Waals surface area contributed by atoms with Crippen LogP contribution in [-0.2, 0) is 4.74 Å². The van der Waals surface area contributed by atoms with Gasteiger partial charge in [0, 0.05) is 18.8 Å². The van der Waals surface area contributed by atoms with Crippen LogP contribution in [0.5, 0.6) is 0 Å². The topological polar surface area (TPSA) is 12.5 Å². The molecule has 0 aromatic carbocycles. The van der Waals surface area contributed by atoms with Gasteiger partial charge < -0.3 is 9.64 Å². The van der Waals surface area contributed by atoms with Gasteiger partial charge in [-0.3, -0.25) is 0 Å². The first-order chi connectivity index (χ1) is 6.20. The highest BCUT2D eigenvalue weighted by Crippen LogP contribution is 2.16. The normalized spacial score (nSPS) is 17.2. The van der Waals surface area contributed by atoms with Crippen molar-refractivity contribution in [2.45, 2.75) is 0 Å². The molecule has 1 saturated heterocycles. The fourth-order valence-electron chi connectivity index (χ4n) is 0.977. The van der Waals surface area contributed by atoms with Gasteiger partial charge in [-0.15, -0.1) is 0 Å². The second kappa shape index (κ2) is 6.01. The Kier molecular flexibility index (Phi) is 5.31. The van der Waals surface area contributed by atoms with Crippen LogP contribution in [0.1, 0.15) is 0 Å². The van der Waals surface area contributed by atoms with E-state index in [4.69, 9.17) is 17.0 Å². The first-order valence-electron chi connectivity index (χ1n) is 4.03. The molecular formula is C8H12BrNOS2. The van der Waals surface area contributed by atoms with E-state index in [1.165, 1.54) is 0 Å². The van der Waals surface area contributed by atoms with E-state index in [2.05, 4.69) is 27.4 Å². The smallest absolute Gasteiger partial charge is 0.136 e. The molecule has 1 aliphatic rings. The SMILES string of the molecule is C=C(Br)CSC(=S)N1CCOCC1. The van der Waals surface area contributed by atoms with Gasteiger partial charge >= 0.3 is 0 Å². The highest BCUT2D eigenvalue weighted by molar-refractivity contribution is 9.11. The quantitative estimate of drug-likeness (QED) is 0.720. The molecule has 0 spiro atoms. The minimum Gasteiger partial charge on any atom is -0.378 e. The number of rotatable bonds is 2. The zero-order valence-electron chi connectivity index (χ0n) is 7.29. The van der Waals surface area contributed by atoms with Gasteiger partial charge in [-0.1, -0.05) is 46.5 Å². The number of hydrogen-bond donors (Lipinski definition) is 0. The molecule has 0 aliphatic carbocycles. The molecule has 74 valence electrons. The lowest BCUT2D eigenvalue weighted by Gasteiger charge is -2.28. The summed E-state index contributed by atoms with van der Waals surface area (Å²) in [6.45, 7) is 7.18. The third kappa shape index (κ3) is 4.44. The number of nitrogens with zero attached hydrogens (tertiary/aromatic N) is 1. The van der Waals surface area contributed by atoms with Gasteiger partial charge in [0.25, 0.3) is 0 Å². The number of morpholine rings is 1. The van der Waals surface area contributed by atoms with Gasteiger partial charge in [-0.25, -0.2) is 0 Å². The molecule has 0 unspecified atom stereocenters. The highest BCUT2D eigenvalue weighted by Gasteiger charge is 2.13. The van der Waals surface area contributed by atoms with E-state index < -0.39 is 0 Å². The third-order valence-electron chi connectivity index (χ3n) is 1.62. The maximum Gasteiger partial charge on any atom is 0.136 e. The summed E-state index contributed by atoms with van der Waals surface area (Å²) in [4.78, 5) is 2.18. The Hall–Kier alpha value is 0.420. The summed E-state index contributed by atoms with van der Waals surface area (Å²) in [6, 6.07) is 0. The monoisotopic (exact) mass is 281 g/mol. The zero-order valence-corrected chi connectivity index (χ0v) is 10.5. The first-order valence-corrected chi connectivity index (χ1v) is 6.21. The molecule has 1 rings (SSSR count). The fourth-order valence-corrected chi connectivity index (χ4v) is 2.33. The van der Waals surface area contributed by atoms with Crippen LogP contribution in [0.15, 0.2) is 11.1 Å². The zero-order chi connectivity index (χ0) is 9.68. The summed E-state index contributed by atoms with van der Waals surface area (Å²) in [5.74, 6) is 0.843. The van der Waals surface area contributed by atoms with E-state index in [0.29, 0.717) is 0 Å². The number of ether oxygens (including phenoxy) is 1. The van der Waals surface area contributed by atoms with Crippen molar-refractivity contribution in [3.8, 4) is 0 Å². The van der Waals surface area contributed by atoms with Crippen molar-refractivity contribution in [1.82, 2.24) is 4.90 Å². The van der Waals surface area contributed by atoms with Crippen molar-refractivity contribution >= 4 is 44.2 Å². The second-order valence-corrected chi connectivity index (χ2v) is 5.40. The summed E-state index contributed by atoms with van der Waals surface area (Å²) in [7, 11) is 0. The molecule has 0 aromatic rings. The van der Waals surface area contributed by atoms with Crippen molar-refractivity contribution in [3.63, 3.8) is 0 Å². The summed E-state index contributed by atoms with van der Waals surface area (Å²) in [5.41, 5.74) is 0. The summed E-state index contributed by atoms with van der Waals surface area (Å²) in [6.07, 6.45) is 0. The van der Waals surface area contributed by atoms with Crippen LogP contribution in [-0.4, -0.2) is 41.3 Å². The van der Waals surface area contributed by atoms with Crippen LogP contribution in [0.4, 0.5) is 0 Å². The Labute approximate surface area is 96.8 Å². The van der Waals surface area contributed by atoms with Crippen LogP contribution >= 0.6 is 39.9 Å². The molecule has 1 heterocycles. The number of thiocarbonyl (C=S) groups is 1. The van der Waals surface area contributed by atoms with Gasteiger partial charge in [0.2, 0.25) is 0 Å². The van der Waals surface area contributed by atoms with E-state index in [0.717, 1.165) is 40.9 Å². The Balaban J connectivity index is 2.25. The maximum atomic E-state index is 5.26. The van der Waals surface area contributed by atoms with Crippen molar-refractivity contribution in [1.29, 1.82) is 0 Å². The Bertz CT molecular complexity index is 204. The van der Waals surface area contributed by atoms with Gasteiger partial charge in [0.1, 0.15) is 4.32 Å². The molecule has 0 bridgehead atoms. The van der Waals surface area contributed by atoms with Crippen molar-refractivity contribution in [2.24, 2.45) is 0 Å². The molecule has 0 amide bonds. The fraction of sp³-hybridized carbons (Fsp3) is 0.625. The van der Waals surface area contributed by atoms with Crippen LogP contribution in [0.25, 0.3) is 0 Å². The predicted molar refractivity (Wildman–Crippen MR) is 65.5 cm³/mol. The van der Waals surface area contributed by atoms with Crippen molar-refractivity contribution in [2.75, 3.05) is 32.1 Å². The molecule has 0 atom stereocenters. The van der Waals surface area contributed by atoms with Gasteiger partial charge in [0.05, 0.1) is 13.2 Å². The van der Waals surface area contributed by atoms with E-state index in [-0.39, 0.29) is 0 Å². The Morgan fingerprint density at radius 2 is 2.15 bits per heavy atom. The van der Waals surface area contributed by atoms with Crippen LogP contribution in [0.2, 0.25) is 0 Å². The molecule has 1 aliphatic heterocycles. The maximum absolute atomic E-state index is 5.26. The van der Waals surface area contributed by atoms with E-state index in [1.54, 1.807) is 11.8 Å². The number of hydrogen-bond acceptors (Lipinski definition) is 3. The first kappa shape index (κ1) is 11.5. The minimum atomic E-state index is 0.788. The average molecular weight is 282 g/mol. The van der Waals surface area contributed by atoms with Crippen molar-refractivity contribution < 1.29 is 4.74 Å². The van der Waals surface area contributed by atoms with Crippen LogP contribution in [0.3, 0.4) is 0 Å². The van der Waals surface area contributed by atoms with Gasteiger partial charge in [-0.05, 0) is 4.48 Å². The second-order valence-electron chi connectivity index (χ2n) is 2.67. The molecule has 0 saturated carbocycles. The average Bonchev–Trinajstić information content (AvgIpc) is 2.15. The lowest BCUT2D eigenvalue weighted by atomic mass is 10.5. The largest absolute Gasteiger partial charge is 0.378 e. The molecule has 0 N–H and O–H groups in total. The highest BCUT2D eigenvalue weighted by atomic mass is 79.9. The van der Waals surface area contributed by atoms with E-state index in [9.17, 15) is 0 Å². The molecule has 0 aromatic heterocycles. The van der Waals surface area contributed by atoms with Crippen LogP contribution < -0.4 is 0 Å². The van der Waals surface area contributed by atoms with E-state index >= 15 is 0 Å². The lowest BCUT2D eigenvalue weighted by molar-refractivity contribution is 0.0702. The third-order valence-corrected chi connectivity index (χ3v) is 3.88. The minimum absolute atomic E-state index is 0.788. The number of thioether (sulfide) groups is 1. The molecule has 1 fully saturated rings. The van der Waals surface area contributed by atoms with Crippen LogP contribution in [0, 0.1) is 0 Å². The van der Waals surface area contributed by atoms with E-state index in [1.807, 2.05) is 0 Å². The molecule has 2 nitrogen and oxygen atoms in total. The molecule has 0 radical (unpaired) electrons. The predicted octanol–water partition coefficient (Wildman–Crippen LogP) is 2.25. The summed E-state index contributed by atoms with van der Waals surface area (Å²) < 4.78 is 7.17. The van der Waals surface area contributed by atoms with Gasteiger partial charge in [0.15, 0.2) is 0 Å².